The van der Waals surface area contributed by atoms with E-state index in [1.54, 1.807) is 0 Å². The maximum atomic E-state index is 13.4. The van der Waals surface area contributed by atoms with Crippen LogP contribution in [-0.2, 0) is 22.3 Å². The van der Waals surface area contributed by atoms with Crippen LogP contribution in [0, 0.1) is 11.7 Å². The van der Waals surface area contributed by atoms with E-state index in [1.165, 1.54) is 7.11 Å². The van der Waals surface area contributed by atoms with E-state index < -0.39 is 17.6 Å². The number of hydrogen-bond acceptors (Lipinski definition) is 6. The van der Waals surface area contributed by atoms with Gasteiger partial charge in [-0.3, -0.25) is 9.69 Å². The fraction of sp³-hybridized carbons (Fsp3) is 0.500. The molecule has 1 aliphatic rings. The smallest absolute Gasteiger partial charge is 0.419 e. The number of ether oxygens (including phenoxy) is 1. The van der Waals surface area contributed by atoms with Gasteiger partial charge in [-0.05, 0) is 44.5 Å². The van der Waals surface area contributed by atoms with Crippen molar-refractivity contribution in [2.45, 2.75) is 38.5 Å². The van der Waals surface area contributed by atoms with Gasteiger partial charge in [0.15, 0.2) is 5.82 Å². The zero-order valence-corrected chi connectivity index (χ0v) is 15.3. The lowest BCUT2D eigenvalue weighted by molar-refractivity contribution is -0.147. The summed E-state index contributed by atoms with van der Waals surface area (Å²) in [6, 6.07) is 2.60. The highest BCUT2D eigenvalue weighted by molar-refractivity contribution is 5.72. The molecule has 0 radical (unpaired) electrons. The SMILES string of the molecule is COC(=O)[C@H]1CCN(Cc2noc(-c3ccc(F)c(C(F)(F)F)c3)n2)[C@@H](C)C1. The summed E-state index contributed by atoms with van der Waals surface area (Å²) >= 11 is 0. The van der Waals surface area contributed by atoms with Crippen LogP contribution in [-0.4, -0.2) is 40.7 Å². The van der Waals surface area contributed by atoms with Crippen molar-refractivity contribution in [2.75, 3.05) is 13.7 Å². The predicted octanol–water partition coefficient (Wildman–Crippen LogP) is 3.67. The number of alkyl halides is 3. The number of esters is 1. The van der Waals surface area contributed by atoms with Crippen LogP contribution in [0.5, 0.6) is 0 Å². The molecule has 1 aromatic heterocycles. The lowest BCUT2D eigenvalue weighted by Crippen LogP contribution is -2.42. The molecule has 1 aromatic carbocycles. The van der Waals surface area contributed by atoms with E-state index in [9.17, 15) is 22.4 Å². The maximum absolute atomic E-state index is 13.4. The molecule has 1 aliphatic heterocycles. The molecular formula is C18H19F4N3O3. The number of likely N-dealkylation sites (tertiary alicyclic amines) is 1. The largest absolute Gasteiger partial charge is 0.469 e. The minimum atomic E-state index is -4.82. The summed E-state index contributed by atoms with van der Waals surface area (Å²) in [6.45, 7) is 2.91. The number of methoxy groups -OCH3 is 1. The molecule has 0 aliphatic carbocycles. The van der Waals surface area contributed by atoms with E-state index >= 15 is 0 Å². The van der Waals surface area contributed by atoms with Crippen molar-refractivity contribution < 1.29 is 31.6 Å². The van der Waals surface area contributed by atoms with Crippen LogP contribution < -0.4 is 0 Å². The Morgan fingerprint density at radius 3 is 2.79 bits per heavy atom. The molecule has 0 amide bonds. The first-order valence-electron chi connectivity index (χ1n) is 8.70. The van der Waals surface area contributed by atoms with Crippen molar-refractivity contribution in [3.8, 4) is 11.5 Å². The summed E-state index contributed by atoms with van der Waals surface area (Å²) in [6.07, 6.45) is -3.55. The molecule has 1 fully saturated rings. The lowest BCUT2D eigenvalue weighted by atomic mass is 9.92. The third-order valence-electron chi connectivity index (χ3n) is 4.88. The molecule has 2 heterocycles. The van der Waals surface area contributed by atoms with E-state index in [4.69, 9.17) is 9.26 Å². The van der Waals surface area contributed by atoms with Crippen LogP contribution in [0.1, 0.15) is 31.2 Å². The first kappa shape index (κ1) is 20.2. The molecule has 0 N–H and O–H groups in total. The Labute approximate surface area is 158 Å². The highest BCUT2D eigenvalue weighted by Gasteiger charge is 2.35. The summed E-state index contributed by atoms with van der Waals surface area (Å²) in [7, 11) is 1.36. The van der Waals surface area contributed by atoms with Crippen LogP contribution in [0.2, 0.25) is 0 Å². The van der Waals surface area contributed by atoms with Gasteiger partial charge in [0.1, 0.15) is 5.82 Å². The van der Waals surface area contributed by atoms with E-state index in [0.717, 1.165) is 12.1 Å². The van der Waals surface area contributed by atoms with E-state index in [0.29, 0.717) is 37.8 Å². The summed E-state index contributed by atoms with van der Waals surface area (Å²) in [5.74, 6) is -1.56. The molecule has 1 saturated heterocycles. The highest BCUT2D eigenvalue weighted by Crippen LogP contribution is 2.34. The Morgan fingerprint density at radius 1 is 1.39 bits per heavy atom. The number of carbonyl (C=O) groups excluding carboxylic acids is 1. The van der Waals surface area contributed by atoms with Gasteiger partial charge in [0.05, 0.1) is 25.1 Å². The molecule has 0 saturated carbocycles. The molecule has 2 aromatic rings. The molecule has 28 heavy (non-hydrogen) atoms. The molecule has 2 atom stereocenters. The monoisotopic (exact) mass is 401 g/mol. The topological polar surface area (TPSA) is 68.5 Å². The van der Waals surface area contributed by atoms with Crippen LogP contribution >= 0.6 is 0 Å². The third-order valence-corrected chi connectivity index (χ3v) is 4.88. The minimum absolute atomic E-state index is 0.00933. The number of rotatable bonds is 4. The molecule has 152 valence electrons. The normalized spacial score (nSPS) is 20.9. The van der Waals surface area contributed by atoms with Crippen LogP contribution in [0.3, 0.4) is 0 Å². The van der Waals surface area contributed by atoms with Gasteiger partial charge in [0.25, 0.3) is 5.89 Å². The lowest BCUT2D eigenvalue weighted by Gasteiger charge is -2.35. The zero-order chi connectivity index (χ0) is 20.5. The van der Waals surface area contributed by atoms with Crippen molar-refractivity contribution in [2.24, 2.45) is 5.92 Å². The average Bonchev–Trinajstić information content (AvgIpc) is 3.10. The van der Waals surface area contributed by atoms with Crippen LogP contribution in [0.4, 0.5) is 17.6 Å². The van der Waals surface area contributed by atoms with E-state index in [2.05, 4.69) is 15.0 Å². The number of piperidine rings is 1. The quantitative estimate of drug-likeness (QED) is 0.575. The summed E-state index contributed by atoms with van der Waals surface area (Å²) < 4.78 is 61.9. The Bertz CT molecular complexity index is 853. The van der Waals surface area contributed by atoms with Gasteiger partial charge in [-0.1, -0.05) is 5.16 Å². The molecule has 6 nitrogen and oxygen atoms in total. The first-order valence-corrected chi connectivity index (χ1v) is 8.70. The predicted molar refractivity (Wildman–Crippen MR) is 89.3 cm³/mol. The number of aromatic nitrogens is 2. The van der Waals surface area contributed by atoms with Gasteiger partial charge >= 0.3 is 12.1 Å². The summed E-state index contributed by atoms with van der Waals surface area (Å²) in [4.78, 5) is 17.9. The third kappa shape index (κ3) is 4.32. The van der Waals surface area contributed by atoms with E-state index in [1.807, 2.05) is 6.92 Å². The second-order valence-electron chi connectivity index (χ2n) is 6.77. The zero-order valence-electron chi connectivity index (χ0n) is 15.3. The number of hydrogen-bond donors (Lipinski definition) is 0. The van der Waals surface area contributed by atoms with Gasteiger partial charge in [-0.15, -0.1) is 0 Å². The molecule has 10 heteroatoms. The Balaban J connectivity index is 1.71. The molecule has 0 bridgehead atoms. The molecule has 0 spiro atoms. The van der Waals surface area contributed by atoms with Crippen molar-refractivity contribution >= 4 is 5.97 Å². The number of nitrogens with zero attached hydrogens (tertiary/aromatic N) is 3. The number of halogens is 4. The van der Waals surface area contributed by atoms with Gasteiger partial charge in [0, 0.05) is 11.6 Å². The number of carbonyl (C=O) groups is 1. The fourth-order valence-corrected chi connectivity index (χ4v) is 3.33. The Hall–Kier alpha value is -2.49. The second kappa shape index (κ2) is 7.86. The van der Waals surface area contributed by atoms with Gasteiger partial charge in [-0.2, -0.15) is 18.2 Å². The minimum Gasteiger partial charge on any atom is -0.469 e. The highest BCUT2D eigenvalue weighted by atomic mass is 19.4. The molecule has 3 rings (SSSR count). The van der Waals surface area contributed by atoms with Crippen LogP contribution in [0.25, 0.3) is 11.5 Å². The van der Waals surface area contributed by atoms with Gasteiger partial charge in [0.2, 0.25) is 0 Å². The van der Waals surface area contributed by atoms with Gasteiger partial charge < -0.3 is 9.26 Å². The summed E-state index contributed by atoms with van der Waals surface area (Å²) in [5.41, 5.74) is -1.40. The maximum Gasteiger partial charge on any atom is 0.419 e. The van der Waals surface area contributed by atoms with Crippen molar-refractivity contribution in [3.05, 3.63) is 35.4 Å². The fourth-order valence-electron chi connectivity index (χ4n) is 3.33. The Morgan fingerprint density at radius 2 is 2.14 bits per heavy atom. The Kier molecular flexibility index (Phi) is 5.69. The van der Waals surface area contributed by atoms with Crippen molar-refractivity contribution in [1.82, 2.24) is 15.0 Å². The van der Waals surface area contributed by atoms with Crippen molar-refractivity contribution in [1.29, 1.82) is 0 Å². The van der Waals surface area contributed by atoms with Gasteiger partial charge in [-0.25, -0.2) is 4.39 Å². The van der Waals surface area contributed by atoms with Crippen LogP contribution in [0.15, 0.2) is 22.7 Å². The van der Waals surface area contributed by atoms with Crippen molar-refractivity contribution in [3.63, 3.8) is 0 Å². The molecular weight excluding hydrogens is 382 g/mol. The summed E-state index contributed by atoms with van der Waals surface area (Å²) in [5, 5.41) is 3.81. The first-order chi connectivity index (χ1) is 13.2. The van der Waals surface area contributed by atoms with E-state index in [-0.39, 0.29) is 29.4 Å². The second-order valence-corrected chi connectivity index (χ2v) is 6.77. The average molecular weight is 401 g/mol. The molecule has 0 unspecified atom stereocenters. The standard InChI is InChI=1S/C18H19F4N3O3/c1-10-7-12(17(26)27-2)5-6-25(10)9-15-23-16(28-24-15)11-3-4-14(19)13(8-11)18(20,21)22/h3-4,8,10,12H,5-7,9H2,1-2H3/t10-,12-/m0/s1. The number of benzene rings is 1.